The zero-order valence-electron chi connectivity index (χ0n) is 8.36. The lowest BCUT2D eigenvalue weighted by atomic mass is 10.3. The Bertz CT molecular complexity index is 391. The predicted octanol–water partition coefficient (Wildman–Crippen LogP) is 2.18. The van der Waals surface area contributed by atoms with Crippen LogP contribution in [0.15, 0.2) is 6.20 Å². The van der Waals surface area contributed by atoms with Crippen molar-refractivity contribution in [3.05, 3.63) is 22.7 Å². The highest BCUT2D eigenvalue weighted by Gasteiger charge is 2.28. The van der Waals surface area contributed by atoms with E-state index in [0.717, 1.165) is 12.8 Å². The number of carbonyl (C=O) groups excluding carboxylic acids is 1. The maximum atomic E-state index is 11.5. The SMILES string of the molecule is CCOC(=O)c1nc(C2CC2)ncc1Cl. The van der Waals surface area contributed by atoms with Crippen LogP contribution < -0.4 is 0 Å². The van der Waals surface area contributed by atoms with E-state index in [1.165, 1.54) is 6.20 Å². The second kappa shape index (κ2) is 4.14. The molecule has 4 nitrogen and oxygen atoms in total. The molecule has 1 heterocycles. The van der Waals surface area contributed by atoms with Gasteiger partial charge in [0.25, 0.3) is 0 Å². The lowest BCUT2D eigenvalue weighted by Gasteiger charge is -2.04. The third kappa shape index (κ3) is 2.26. The van der Waals surface area contributed by atoms with Crippen LogP contribution in [0, 0.1) is 0 Å². The zero-order chi connectivity index (χ0) is 10.8. The minimum absolute atomic E-state index is 0.176. The molecule has 1 aliphatic carbocycles. The summed E-state index contributed by atoms with van der Waals surface area (Å²) in [5.41, 5.74) is 0.176. The van der Waals surface area contributed by atoms with Crippen molar-refractivity contribution in [3.8, 4) is 0 Å². The Kier molecular flexibility index (Phi) is 2.86. The van der Waals surface area contributed by atoms with Crippen LogP contribution in [0.1, 0.15) is 42.0 Å². The summed E-state index contributed by atoms with van der Waals surface area (Å²) in [5, 5.41) is 0.248. The van der Waals surface area contributed by atoms with Gasteiger partial charge in [-0.25, -0.2) is 14.8 Å². The van der Waals surface area contributed by atoms with Gasteiger partial charge < -0.3 is 4.74 Å². The van der Waals surface area contributed by atoms with Gasteiger partial charge >= 0.3 is 5.97 Å². The molecule has 1 saturated carbocycles. The third-order valence-corrected chi connectivity index (χ3v) is 2.45. The lowest BCUT2D eigenvalue weighted by Crippen LogP contribution is -2.10. The normalized spacial score (nSPS) is 15.1. The number of aromatic nitrogens is 2. The van der Waals surface area contributed by atoms with Crippen molar-refractivity contribution in [3.63, 3.8) is 0 Å². The Labute approximate surface area is 92.6 Å². The number of halogens is 1. The molecular weight excluding hydrogens is 216 g/mol. The average Bonchev–Trinajstić information content (AvgIpc) is 3.02. The van der Waals surface area contributed by atoms with Crippen LogP contribution >= 0.6 is 11.6 Å². The molecule has 15 heavy (non-hydrogen) atoms. The molecule has 1 aliphatic rings. The van der Waals surface area contributed by atoms with Gasteiger partial charge in [0.15, 0.2) is 5.69 Å². The highest BCUT2D eigenvalue weighted by atomic mass is 35.5. The lowest BCUT2D eigenvalue weighted by molar-refractivity contribution is 0.0519. The maximum absolute atomic E-state index is 11.5. The standard InChI is InChI=1S/C10H11ClN2O2/c1-2-15-10(14)8-7(11)5-12-9(13-8)6-3-4-6/h5-6H,2-4H2,1H3. The van der Waals surface area contributed by atoms with Crippen molar-refractivity contribution >= 4 is 17.6 Å². The van der Waals surface area contributed by atoms with Crippen LogP contribution in [-0.2, 0) is 4.74 Å². The van der Waals surface area contributed by atoms with Crippen LogP contribution in [0.2, 0.25) is 5.02 Å². The second-order valence-electron chi connectivity index (χ2n) is 3.42. The molecule has 0 amide bonds. The molecule has 2 rings (SSSR count). The van der Waals surface area contributed by atoms with Gasteiger partial charge in [0, 0.05) is 5.92 Å². The van der Waals surface area contributed by atoms with Crippen molar-refractivity contribution in [2.24, 2.45) is 0 Å². The van der Waals surface area contributed by atoms with E-state index in [9.17, 15) is 4.79 Å². The molecule has 0 N–H and O–H groups in total. The molecule has 1 aromatic heterocycles. The Morgan fingerprint density at radius 2 is 2.40 bits per heavy atom. The summed E-state index contributed by atoms with van der Waals surface area (Å²) in [6, 6.07) is 0. The molecule has 0 radical (unpaired) electrons. The van der Waals surface area contributed by atoms with Crippen LogP contribution in [0.3, 0.4) is 0 Å². The summed E-state index contributed by atoms with van der Waals surface area (Å²) < 4.78 is 4.85. The smallest absolute Gasteiger partial charge is 0.358 e. The summed E-state index contributed by atoms with van der Waals surface area (Å²) in [7, 11) is 0. The molecule has 80 valence electrons. The molecule has 0 bridgehead atoms. The van der Waals surface area contributed by atoms with Crippen LogP contribution in [0.5, 0.6) is 0 Å². The number of esters is 1. The number of hydrogen-bond donors (Lipinski definition) is 0. The van der Waals surface area contributed by atoms with Gasteiger partial charge in [-0.05, 0) is 19.8 Å². The molecule has 5 heteroatoms. The fourth-order valence-corrected chi connectivity index (χ4v) is 1.43. The Balaban J connectivity index is 2.27. The van der Waals surface area contributed by atoms with Gasteiger partial charge in [-0.1, -0.05) is 11.6 Å². The first-order chi connectivity index (χ1) is 7.22. The third-order valence-electron chi connectivity index (χ3n) is 2.17. The summed E-state index contributed by atoms with van der Waals surface area (Å²) >= 11 is 5.83. The number of hydrogen-bond acceptors (Lipinski definition) is 4. The fraction of sp³-hybridized carbons (Fsp3) is 0.500. The van der Waals surface area contributed by atoms with Gasteiger partial charge in [0.1, 0.15) is 5.82 Å². The monoisotopic (exact) mass is 226 g/mol. The summed E-state index contributed by atoms with van der Waals surface area (Å²) in [6.07, 6.45) is 3.64. The van der Waals surface area contributed by atoms with Crippen molar-refractivity contribution in [2.75, 3.05) is 6.61 Å². The van der Waals surface area contributed by atoms with Crippen molar-refractivity contribution in [1.29, 1.82) is 0 Å². The molecule has 1 fully saturated rings. The van der Waals surface area contributed by atoms with E-state index >= 15 is 0 Å². The highest BCUT2D eigenvalue weighted by molar-refractivity contribution is 6.33. The largest absolute Gasteiger partial charge is 0.461 e. The number of carbonyl (C=O) groups is 1. The number of ether oxygens (including phenoxy) is 1. The molecule has 0 atom stereocenters. The molecular formula is C10H11ClN2O2. The Morgan fingerprint density at radius 3 is 3.00 bits per heavy atom. The molecule has 0 saturated heterocycles. The first kappa shape index (κ1) is 10.4. The number of nitrogens with zero attached hydrogens (tertiary/aromatic N) is 2. The van der Waals surface area contributed by atoms with E-state index in [2.05, 4.69) is 9.97 Å². The molecule has 0 unspecified atom stereocenters. The minimum Gasteiger partial charge on any atom is -0.461 e. The van der Waals surface area contributed by atoms with Gasteiger partial charge in [0.05, 0.1) is 17.8 Å². The van der Waals surface area contributed by atoms with Crippen molar-refractivity contribution < 1.29 is 9.53 Å². The minimum atomic E-state index is -0.480. The van der Waals surface area contributed by atoms with E-state index in [-0.39, 0.29) is 10.7 Å². The summed E-state index contributed by atoms with van der Waals surface area (Å²) in [4.78, 5) is 19.7. The van der Waals surface area contributed by atoms with E-state index in [4.69, 9.17) is 16.3 Å². The average molecular weight is 227 g/mol. The Morgan fingerprint density at radius 1 is 1.67 bits per heavy atom. The van der Waals surface area contributed by atoms with Crippen LogP contribution in [0.25, 0.3) is 0 Å². The Hall–Kier alpha value is -1.16. The molecule has 0 aliphatic heterocycles. The second-order valence-corrected chi connectivity index (χ2v) is 3.83. The maximum Gasteiger partial charge on any atom is 0.358 e. The van der Waals surface area contributed by atoms with Crippen molar-refractivity contribution in [2.45, 2.75) is 25.7 Å². The van der Waals surface area contributed by atoms with Crippen LogP contribution in [0.4, 0.5) is 0 Å². The quantitative estimate of drug-likeness (QED) is 0.742. The van der Waals surface area contributed by atoms with Gasteiger partial charge in [-0.3, -0.25) is 0 Å². The van der Waals surface area contributed by atoms with Crippen LogP contribution in [-0.4, -0.2) is 22.5 Å². The van der Waals surface area contributed by atoms with Crippen molar-refractivity contribution in [1.82, 2.24) is 9.97 Å². The van der Waals surface area contributed by atoms with E-state index < -0.39 is 5.97 Å². The molecule has 1 aromatic rings. The summed E-state index contributed by atoms with van der Waals surface area (Å²) in [6.45, 7) is 2.06. The van der Waals surface area contributed by atoms with E-state index in [1.54, 1.807) is 6.92 Å². The summed E-state index contributed by atoms with van der Waals surface area (Å²) in [5.74, 6) is 0.615. The number of rotatable bonds is 3. The van der Waals surface area contributed by atoms with Gasteiger partial charge in [0.2, 0.25) is 0 Å². The highest BCUT2D eigenvalue weighted by Crippen LogP contribution is 2.38. The first-order valence-corrected chi connectivity index (χ1v) is 5.29. The van der Waals surface area contributed by atoms with E-state index in [1.807, 2.05) is 0 Å². The zero-order valence-corrected chi connectivity index (χ0v) is 9.12. The topological polar surface area (TPSA) is 52.1 Å². The van der Waals surface area contributed by atoms with E-state index in [0.29, 0.717) is 18.3 Å². The molecule has 0 spiro atoms. The van der Waals surface area contributed by atoms with Gasteiger partial charge in [-0.15, -0.1) is 0 Å². The van der Waals surface area contributed by atoms with Gasteiger partial charge in [-0.2, -0.15) is 0 Å². The fourth-order valence-electron chi connectivity index (χ4n) is 1.26. The molecule has 0 aromatic carbocycles. The first-order valence-electron chi connectivity index (χ1n) is 4.92. The predicted molar refractivity (Wildman–Crippen MR) is 55.0 cm³/mol.